The molecule has 1 N–H and O–H groups in total. The Balaban J connectivity index is 1.75. The average Bonchev–Trinajstić information content (AvgIpc) is 2.74. The van der Waals surface area contributed by atoms with E-state index in [0.29, 0.717) is 6.10 Å². The predicted octanol–water partition coefficient (Wildman–Crippen LogP) is 2.22. The number of ether oxygens (including phenoxy) is 1. The number of nitrogens with one attached hydrogen (secondary N) is 1. The van der Waals surface area contributed by atoms with Gasteiger partial charge in [0.25, 0.3) is 0 Å². The lowest BCUT2D eigenvalue weighted by molar-refractivity contribution is 0.107. The summed E-state index contributed by atoms with van der Waals surface area (Å²) in [6.07, 6.45) is 7.13. The SMILES string of the molecule is Brc1cncnc1NCCC1CCCO1. The number of halogens is 1. The Morgan fingerprint density at radius 2 is 2.53 bits per heavy atom. The first-order chi connectivity index (χ1) is 7.36. The number of anilines is 1. The van der Waals surface area contributed by atoms with Gasteiger partial charge in [-0.1, -0.05) is 0 Å². The summed E-state index contributed by atoms with van der Waals surface area (Å²) in [4.78, 5) is 8.04. The first kappa shape index (κ1) is 10.8. The summed E-state index contributed by atoms with van der Waals surface area (Å²) in [7, 11) is 0. The van der Waals surface area contributed by atoms with Crippen molar-refractivity contribution in [3.63, 3.8) is 0 Å². The van der Waals surface area contributed by atoms with E-state index in [2.05, 4.69) is 31.2 Å². The topological polar surface area (TPSA) is 47.0 Å². The van der Waals surface area contributed by atoms with Crippen molar-refractivity contribution in [3.8, 4) is 0 Å². The van der Waals surface area contributed by atoms with E-state index in [1.54, 1.807) is 12.5 Å². The van der Waals surface area contributed by atoms with E-state index >= 15 is 0 Å². The van der Waals surface area contributed by atoms with Crippen LogP contribution in [0.1, 0.15) is 19.3 Å². The van der Waals surface area contributed by atoms with Gasteiger partial charge in [0.1, 0.15) is 12.1 Å². The van der Waals surface area contributed by atoms with Crippen LogP contribution in [0.4, 0.5) is 5.82 Å². The van der Waals surface area contributed by atoms with Crippen LogP contribution in [0.5, 0.6) is 0 Å². The van der Waals surface area contributed by atoms with E-state index in [1.807, 2.05) is 0 Å². The molecule has 0 saturated carbocycles. The molecule has 2 heterocycles. The molecule has 82 valence electrons. The van der Waals surface area contributed by atoms with Gasteiger partial charge in [-0.2, -0.15) is 0 Å². The van der Waals surface area contributed by atoms with E-state index < -0.39 is 0 Å². The maximum absolute atomic E-state index is 5.54. The van der Waals surface area contributed by atoms with Crippen molar-refractivity contribution in [2.24, 2.45) is 0 Å². The van der Waals surface area contributed by atoms with Gasteiger partial charge in [0.15, 0.2) is 0 Å². The quantitative estimate of drug-likeness (QED) is 0.913. The van der Waals surface area contributed by atoms with Crippen LogP contribution < -0.4 is 5.32 Å². The molecule has 4 nitrogen and oxygen atoms in total. The molecular weight excluding hydrogens is 258 g/mol. The van der Waals surface area contributed by atoms with Crippen molar-refractivity contribution in [2.45, 2.75) is 25.4 Å². The summed E-state index contributed by atoms with van der Waals surface area (Å²) in [6.45, 7) is 1.81. The minimum absolute atomic E-state index is 0.429. The zero-order chi connectivity index (χ0) is 10.5. The van der Waals surface area contributed by atoms with Crippen molar-refractivity contribution in [2.75, 3.05) is 18.5 Å². The fourth-order valence-corrected chi connectivity index (χ4v) is 2.03. The first-order valence-electron chi connectivity index (χ1n) is 5.17. The predicted molar refractivity (Wildman–Crippen MR) is 61.8 cm³/mol. The summed E-state index contributed by atoms with van der Waals surface area (Å²) >= 11 is 3.39. The zero-order valence-corrected chi connectivity index (χ0v) is 10.0. The van der Waals surface area contributed by atoms with E-state index in [4.69, 9.17) is 4.74 Å². The Bertz CT molecular complexity index is 315. The summed E-state index contributed by atoms with van der Waals surface area (Å²) in [5, 5.41) is 3.26. The van der Waals surface area contributed by atoms with E-state index in [-0.39, 0.29) is 0 Å². The second kappa shape index (κ2) is 5.42. The Hall–Kier alpha value is -0.680. The standard InChI is InChI=1S/C10H14BrN3O/c11-9-6-12-7-14-10(9)13-4-3-8-2-1-5-15-8/h6-8H,1-5H2,(H,12,13,14). The summed E-state index contributed by atoms with van der Waals surface area (Å²) in [6, 6.07) is 0. The third kappa shape index (κ3) is 3.14. The lowest BCUT2D eigenvalue weighted by Crippen LogP contribution is -2.13. The molecule has 1 atom stereocenters. The highest BCUT2D eigenvalue weighted by molar-refractivity contribution is 9.10. The van der Waals surface area contributed by atoms with Gasteiger partial charge in [0.2, 0.25) is 0 Å². The Labute approximate surface area is 97.6 Å². The van der Waals surface area contributed by atoms with Crippen LogP contribution in [-0.2, 0) is 4.74 Å². The Morgan fingerprint density at radius 1 is 1.60 bits per heavy atom. The molecule has 0 spiro atoms. The smallest absolute Gasteiger partial charge is 0.143 e. The van der Waals surface area contributed by atoms with Gasteiger partial charge in [0.05, 0.1) is 10.6 Å². The molecule has 0 aliphatic carbocycles. The molecule has 1 fully saturated rings. The molecule has 1 aromatic rings. The highest BCUT2D eigenvalue weighted by atomic mass is 79.9. The fraction of sp³-hybridized carbons (Fsp3) is 0.600. The first-order valence-corrected chi connectivity index (χ1v) is 5.96. The maximum Gasteiger partial charge on any atom is 0.143 e. The van der Waals surface area contributed by atoms with Crippen molar-refractivity contribution in [1.29, 1.82) is 0 Å². The number of hydrogen-bond donors (Lipinski definition) is 1. The second-order valence-electron chi connectivity index (χ2n) is 3.57. The Kier molecular flexibility index (Phi) is 3.91. The maximum atomic E-state index is 5.54. The van der Waals surface area contributed by atoms with Crippen LogP contribution in [0.2, 0.25) is 0 Å². The molecule has 5 heteroatoms. The van der Waals surface area contributed by atoms with Gasteiger partial charge < -0.3 is 10.1 Å². The number of hydrogen-bond acceptors (Lipinski definition) is 4. The van der Waals surface area contributed by atoms with Gasteiger partial charge in [-0.15, -0.1) is 0 Å². The van der Waals surface area contributed by atoms with Crippen LogP contribution in [-0.4, -0.2) is 29.2 Å². The minimum Gasteiger partial charge on any atom is -0.378 e. The molecule has 0 bridgehead atoms. The molecule has 1 aromatic heterocycles. The summed E-state index contributed by atoms with van der Waals surface area (Å²) < 4.78 is 6.44. The zero-order valence-electron chi connectivity index (χ0n) is 8.45. The van der Waals surface area contributed by atoms with E-state index in [0.717, 1.165) is 29.9 Å². The highest BCUT2D eigenvalue weighted by Crippen LogP contribution is 2.18. The molecular formula is C10H14BrN3O. The van der Waals surface area contributed by atoms with Gasteiger partial charge in [-0.3, -0.25) is 0 Å². The average molecular weight is 272 g/mol. The molecule has 1 aliphatic heterocycles. The molecule has 0 radical (unpaired) electrons. The van der Waals surface area contributed by atoms with Crippen LogP contribution in [0.25, 0.3) is 0 Å². The van der Waals surface area contributed by atoms with Crippen LogP contribution >= 0.6 is 15.9 Å². The van der Waals surface area contributed by atoms with Gasteiger partial charge in [0, 0.05) is 19.3 Å². The van der Waals surface area contributed by atoms with Crippen molar-refractivity contribution in [1.82, 2.24) is 9.97 Å². The largest absolute Gasteiger partial charge is 0.378 e. The van der Waals surface area contributed by atoms with Gasteiger partial charge in [-0.05, 0) is 35.2 Å². The van der Waals surface area contributed by atoms with E-state index in [9.17, 15) is 0 Å². The van der Waals surface area contributed by atoms with E-state index in [1.165, 1.54) is 12.8 Å². The van der Waals surface area contributed by atoms with Crippen molar-refractivity contribution < 1.29 is 4.74 Å². The molecule has 15 heavy (non-hydrogen) atoms. The van der Waals surface area contributed by atoms with Crippen LogP contribution in [0.15, 0.2) is 17.0 Å². The molecule has 2 rings (SSSR count). The van der Waals surface area contributed by atoms with Crippen LogP contribution in [0.3, 0.4) is 0 Å². The normalized spacial score (nSPS) is 20.5. The second-order valence-corrected chi connectivity index (χ2v) is 4.42. The number of nitrogens with zero attached hydrogens (tertiary/aromatic N) is 2. The molecule has 0 aromatic carbocycles. The van der Waals surface area contributed by atoms with Gasteiger partial charge >= 0.3 is 0 Å². The highest BCUT2D eigenvalue weighted by Gasteiger charge is 2.14. The van der Waals surface area contributed by atoms with Crippen molar-refractivity contribution >= 4 is 21.7 Å². The fourth-order valence-electron chi connectivity index (χ4n) is 1.67. The van der Waals surface area contributed by atoms with Crippen molar-refractivity contribution in [3.05, 3.63) is 17.0 Å². The number of aromatic nitrogens is 2. The van der Waals surface area contributed by atoms with Crippen LogP contribution in [0, 0.1) is 0 Å². The lowest BCUT2D eigenvalue weighted by atomic mass is 10.2. The summed E-state index contributed by atoms with van der Waals surface area (Å²) in [5.41, 5.74) is 0. The molecule has 0 amide bonds. The molecule has 1 aliphatic rings. The third-order valence-electron chi connectivity index (χ3n) is 2.45. The third-order valence-corrected chi connectivity index (χ3v) is 3.03. The minimum atomic E-state index is 0.429. The number of rotatable bonds is 4. The lowest BCUT2D eigenvalue weighted by Gasteiger charge is -2.10. The molecule has 1 saturated heterocycles. The monoisotopic (exact) mass is 271 g/mol. The molecule has 1 unspecified atom stereocenters. The Morgan fingerprint density at radius 3 is 3.27 bits per heavy atom. The van der Waals surface area contributed by atoms with Gasteiger partial charge in [-0.25, -0.2) is 9.97 Å². The summed E-state index contributed by atoms with van der Waals surface area (Å²) in [5.74, 6) is 0.850.